The second-order valence-corrected chi connectivity index (χ2v) is 21.1. The Morgan fingerprint density at radius 1 is 0.814 bits per heavy atom. The number of alkyl halides is 1. The van der Waals surface area contributed by atoms with Crippen molar-refractivity contribution in [2.24, 2.45) is 5.92 Å². The maximum absolute atomic E-state index is 15.8. The van der Waals surface area contributed by atoms with Gasteiger partial charge in [0, 0.05) is 143 Å². The minimum atomic E-state index is -4.35. The van der Waals surface area contributed by atoms with Gasteiger partial charge in [-0.2, -0.15) is 12.7 Å². The van der Waals surface area contributed by atoms with E-state index in [1.807, 2.05) is 29.0 Å². The molecule has 8 heterocycles. The number of ketones is 1. The smallest absolute Gasteiger partial charge is 0.301 e. The number of carbonyl (C=O) groups excluding carboxylic acids is 4. The Morgan fingerprint density at radius 2 is 1.57 bits per heavy atom. The molecule has 5 aromatic rings. The molecule has 70 heavy (non-hydrogen) atoms. The van der Waals surface area contributed by atoms with E-state index in [4.69, 9.17) is 0 Å². The van der Waals surface area contributed by atoms with Crippen LogP contribution in [0.15, 0.2) is 73.1 Å². The molecule has 3 aromatic carbocycles. The van der Waals surface area contributed by atoms with Gasteiger partial charge in [0.15, 0.2) is 5.82 Å². The second-order valence-electron chi connectivity index (χ2n) is 19.4. The summed E-state index contributed by atoms with van der Waals surface area (Å²) in [5, 5.41) is 2.71. The molecule has 0 saturated carbocycles. The minimum Gasteiger partial charge on any atom is -0.371 e. The van der Waals surface area contributed by atoms with Gasteiger partial charge in [0.1, 0.15) is 23.7 Å². The molecule has 2 atom stereocenters. The van der Waals surface area contributed by atoms with Crippen molar-refractivity contribution < 1.29 is 40.8 Å². The number of aromatic nitrogens is 2. The number of amides is 3. The predicted molar refractivity (Wildman–Crippen MR) is 256 cm³/mol. The number of halogens is 3. The zero-order valence-electron chi connectivity index (χ0n) is 38.4. The van der Waals surface area contributed by atoms with Gasteiger partial charge in [-0.15, -0.1) is 0 Å². The lowest BCUT2D eigenvalue weighted by Crippen LogP contribution is -2.57. The van der Waals surface area contributed by atoms with Gasteiger partial charge in [-0.05, 0) is 85.3 Å². The fraction of sp³-hybridized carbons (Fsp3) is 0.420. The summed E-state index contributed by atoms with van der Waals surface area (Å²) >= 11 is 0. The molecule has 1 unspecified atom stereocenters. The lowest BCUT2D eigenvalue weighted by Gasteiger charge is -2.46. The number of rotatable bonds is 12. The van der Waals surface area contributed by atoms with Crippen LogP contribution in [-0.4, -0.2) is 151 Å². The lowest BCUT2D eigenvalue weighted by molar-refractivity contribution is -0.136. The molecule has 0 aliphatic carbocycles. The molecule has 6 aliphatic heterocycles. The fourth-order valence-electron chi connectivity index (χ4n) is 11.1. The fourth-order valence-corrected chi connectivity index (χ4v) is 12.4. The van der Waals surface area contributed by atoms with E-state index in [-0.39, 0.29) is 43.3 Å². The number of carbonyl (C=O) groups is 4. The van der Waals surface area contributed by atoms with Crippen molar-refractivity contribution in [1.82, 2.24) is 34.3 Å². The lowest BCUT2D eigenvalue weighted by atomic mass is 9.96. The normalized spacial score (nSPS) is 22.2. The van der Waals surface area contributed by atoms with E-state index in [2.05, 4.69) is 53.1 Å². The molecule has 11 rings (SSSR count). The number of piperidine rings is 2. The van der Waals surface area contributed by atoms with Gasteiger partial charge in [-0.25, -0.2) is 18.2 Å². The monoisotopic (exact) mass is 978 g/mol. The number of imide groups is 1. The van der Waals surface area contributed by atoms with Crippen LogP contribution >= 0.6 is 0 Å². The Hall–Kier alpha value is -6.35. The van der Waals surface area contributed by atoms with Gasteiger partial charge in [0.2, 0.25) is 17.6 Å². The van der Waals surface area contributed by atoms with Crippen LogP contribution in [0, 0.1) is 17.6 Å². The SMILES string of the molecule is O=C1CCC(N2Cc3cc(N4CC(CN5CCN(C6CCN(c7ccc(-c8cnc9[nH]cc(C(=O)c%10c(F)ccc(NS(=O)(=O)N%11CC[C@@H](F)C%11)c%10F)c9c8)cc7)CC6)CC5)C4)ccc3C2=O)C(=O)N1. The quantitative estimate of drug-likeness (QED) is 0.114. The third-order valence-corrected chi connectivity index (χ3v) is 16.6. The summed E-state index contributed by atoms with van der Waals surface area (Å²) in [6.45, 7) is 8.94. The summed E-state index contributed by atoms with van der Waals surface area (Å²) in [5.41, 5.74) is 4.05. The third kappa shape index (κ3) is 8.79. The Bertz CT molecular complexity index is 3010. The molecule has 0 spiro atoms. The molecule has 3 amide bonds. The molecule has 5 saturated heterocycles. The first-order valence-corrected chi connectivity index (χ1v) is 25.5. The maximum atomic E-state index is 15.8. The van der Waals surface area contributed by atoms with Crippen LogP contribution in [0.25, 0.3) is 22.2 Å². The summed E-state index contributed by atoms with van der Waals surface area (Å²) in [6.07, 6.45) is 4.37. The summed E-state index contributed by atoms with van der Waals surface area (Å²) in [6, 6.07) is 17.5. The van der Waals surface area contributed by atoms with Crippen molar-refractivity contribution in [3.63, 3.8) is 0 Å². The van der Waals surface area contributed by atoms with Gasteiger partial charge in [0.05, 0.1) is 11.3 Å². The highest BCUT2D eigenvalue weighted by Crippen LogP contribution is 2.35. The Balaban J connectivity index is 0.651. The number of benzene rings is 3. The van der Waals surface area contributed by atoms with Gasteiger partial charge in [-0.1, -0.05) is 12.1 Å². The van der Waals surface area contributed by atoms with Gasteiger partial charge in [-0.3, -0.25) is 34.1 Å². The molecule has 0 bridgehead atoms. The van der Waals surface area contributed by atoms with Crippen LogP contribution in [0.1, 0.15) is 63.9 Å². The summed E-state index contributed by atoms with van der Waals surface area (Å²) in [7, 11) is -4.35. The number of H-pyrrole nitrogens is 1. The van der Waals surface area contributed by atoms with Gasteiger partial charge in [0.25, 0.3) is 5.91 Å². The third-order valence-electron chi connectivity index (χ3n) is 15.1. The molecule has 2 aromatic heterocycles. The number of nitrogens with one attached hydrogen (secondary N) is 3. The van der Waals surface area contributed by atoms with Crippen LogP contribution in [0.3, 0.4) is 0 Å². The van der Waals surface area contributed by atoms with E-state index in [1.54, 1.807) is 17.2 Å². The van der Waals surface area contributed by atoms with Crippen molar-refractivity contribution in [3.05, 3.63) is 107 Å². The minimum absolute atomic E-state index is 0.00614. The highest BCUT2D eigenvalue weighted by atomic mass is 32.2. The molecule has 16 nitrogen and oxygen atoms in total. The standard InChI is InChI=1S/C50H53F3N10O6S/c51-34-11-16-62(29-34)70(68,69)57-42-8-7-41(52)45(46(42)53)47(65)40-24-55-48-39(40)22-32(23-54-48)31-1-3-35(4-2-31)59-14-12-36(13-15-59)60-19-17-58(18-20-60)25-30-26-61(27-30)37-5-6-38-33(21-37)28-63(50(38)67)43-9-10-44(64)56-49(43)66/h1-8,21-24,30,34,36,43,57H,9-20,25-29H2,(H,54,55)(H,56,64,66)/t34-,43?/m1/s1. The van der Waals surface area contributed by atoms with Gasteiger partial charge >= 0.3 is 10.2 Å². The number of fused-ring (bicyclic) bond motifs is 2. The molecule has 3 N–H and O–H groups in total. The first-order chi connectivity index (χ1) is 33.8. The number of piperazine rings is 1. The van der Waals surface area contributed by atoms with E-state index < -0.39 is 57.0 Å². The predicted octanol–water partition coefficient (Wildman–Crippen LogP) is 4.92. The number of anilines is 3. The Kier molecular flexibility index (Phi) is 12.1. The molecule has 6 aliphatic rings. The van der Waals surface area contributed by atoms with Crippen LogP contribution in [0.4, 0.5) is 30.2 Å². The van der Waals surface area contributed by atoms with E-state index in [0.29, 0.717) is 47.1 Å². The van der Waals surface area contributed by atoms with Gasteiger partial charge < -0.3 is 24.6 Å². The van der Waals surface area contributed by atoms with E-state index in [0.717, 1.165) is 111 Å². The maximum Gasteiger partial charge on any atom is 0.301 e. The zero-order valence-corrected chi connectivity index (χ0v) is 39.2. The van der Waals surface area contributed by atoms with Crippen LogP contribution < -0.4 is 19.8 Å². The first kappa shape index (κ1) is 46.1. The number of nitrogens with zero attached hydrogens (tertiary/aromatic N) is 7. The van der Waals surface area contributed by atoms with Crippen molar-refractivity contribution in [2.45, 2.75) is 56.9 Å². The topological polar surface area (TPSA) is 175 Å². The molecule has 0 radical (unpaired) electrons. The molecule has 366 valence electrons. The molecule has 5 fully saturated rings. The molecular weight excluding hydrogens is 926 g/mol. The number of pyridine rings is 1. The highest BCUT2D eigenvalue weighted by molar-refractivity contribution is 7.90. The Morgan fingerprint density at radius 3 is 2.30 bits per heavy atom. The van der Waals surface area contributed by atoms with Crippen molar-refractivity contribution >= 4 is 61.8 Å². The average molecular weight is 979 g/mol. The number of hydrogen-bond acceptors (Lipinski definition) is 11. The van der Waals surface area contributed by atoms with Crippen LogP contribution in [-0.2, 0) is 26.3 Å². The zero-order chi connectivity index (χ0) is 48.4. The van der Waals surface area contributed by atoms with E-state index >= 15 is 8.78 Å². The average Bonchev–Trinajstić information content (AvgIpc) is 4.08. The largest absolute Gasteiger partial charge is 0.371 e. The second kappa shape index (κ2) is 18.4. The first-order valence-electron chi connectivity index (χ1n) is 24.0. The van der Waals surface area contributed by atoms with Crippen molar-refractivity contribution in [2.75, 3.05) is 86.5 Å². The summed E-state index contributed by atoms with van der Waals surface area (Å²) < 4.78 is 73.2. The molecular formula is C50H53F3N10O6S. The summed E-state index contributed by atoms with van der Waals surface area (Å²) in [4.78, 5) is 70.0. The Labute approximate surface area is 402 Å². The van der Waals surface area contributed by atoms with Crippen molar-refractivity contribution in [1.29, 1.82) is 0 Å². The van der Waals surface area contributed by atoms with E-state index in [1.165, 1.54) is 6.20 Å². The van der Waals surface area contributed by atoms with Crippen LogP contribution in [0.5, 0.6) is 0 Å². The number of aromatic amines is 1. The highest BCUT2D eigenvalue weighted by Gasteiger charge is 2.40. The van der Waals surface area contributed by atoms with E-state index in [9.17, 15) is 32.0 Å². The van der Waals surface area contributed by atoms with Crippen molar-refractivity contribution in [3.8, 4) is 11.1 Å². The molecule has 20 heteroatoms. The van der Waals surface area contributed by atoms with Crippen LogP contribution in [0.2, 0.25) is 0 Å². The number of hydrogen-bond donors (Lipinski definition) is 3. The summed E-state index contributed by atoms with van der Waals surface area (Å²) in [5.74, 6) is -3.80.